The van der Waals surface area contributed by atoms with Crippen LogP contribution in [0.3, 0.4) is 0 Å². The van der Waals surface area contributed by atoms with Gasteiger partial charge in [-0.25, -0.2) is 4.98 Å². The van der Waals surface area contributed by atoms with E-state index in [1.54, 1.807) is 11.3 Å². The number of amides is 1. The lowest BCUT2D eigenvalue weighted by Crippen LogP contribution is -2.41. The summed E-state index contributed by atoms with van der Waals surface area (Å²) in [7, 11) is 0. The summed E-state index contributed by atoms with van der Waals surface area (Å²) in [5.74, 6) is 0.414. The lowest BCUT2D eigenvalue weighted by molar-refractivity contribution is -0.132. The maximum atomic E-state index is 13.4. The van der Waals surface area contributed by atoms with Gasteiger partial charge in [0.25, 0.3) is 5.56 Å². The van der Waals surface area contributed by atoms with Crippen LogP contribution in [0.2, 0.25) is 0 Å². The first-order valence-electron chi connectivity index (χ1n) is 10.7. The van der Waals surface area contributed by atoms with E-state index in [-0.39, 0.29) is 11.5 Å². The second-order valence-corrected chi connectivity index (χ2v) is 9.76. The predicted molar refractivity (Wildman–Crippen MR) is 118 cm³/mol. The van der Waals surface area contributed by atoms with Crippen molar-refractivity contribution in [3.63, 3.8) is 0 Å². The summed E-state index contributed by atoms with van der Waals surface area (Å²) in [6.07, 6.45) is 7.61. The summed E-state index contributed by atoms with van der Waals surface area (Å²) in [5, 5.41) is 1.53. The van der Waals surface area contributed by atoms with E-state index in [0.717, 1.165) is 42.3 Å². The molecule has 3 heterocycles. The number of aryl methyl sites for hydroxylation is 2. The minimum atomic E-state index is 0.0900. The number of unbranched alkanes of at least 4 members (excludes halogenated alkanes) is 3. The van der Waals surface area contributed by atoms with E-state index < -0.39 is 0 Å². The third kappa shape index (κ3) is 4.54. The third-order valence-corrected chi connectivity index (χ3v) is 7.86. The molecule has 4 rings (SSSR count). The molecule has 1 aliphatic heterocycles. The molecule has 1 amide bonds. The molecule has 2 aliphatic rings. The SMILES string of the molecule is CCCCCCn1c(SCC(=O)N2CCOCC2)nc2sc3c(c2c1=O)CCC3. The lowest BCUT2D eigenvalue weighted by atomic mass is 10.2. The Morgan fingerprint density at radius 1 is 1.21 bits per heavy atom. The van der Waals surface area contributed by atoms with Crippen LogP contribution in [0, 0.1) is 0 Å². The number of hydrogen-bond donors (Lipinski definition) is 0. The van der Waals surface area contributed by atoms with Crippen molar-refractivity contribution >= 4 is 39.2 Å². The average molecular weight is 436 g/mol. The average Bonchev–Trinajstić information content (AvgIpc) is 3.32. The normalized spacial score (nSPS) is 16.5. The van der Waals surface area contributed by atoms with Gasteiger partial charge in [0.05, 0.1) is 24.4 Å². The van der Waals surface area contributed by atoms with Crippen molar-refractivity contribution in [2.75, 3.05) is 32.1 Å². The van der Waals surface area contributed by atoms with E-state index in [4.69, 9.17) is 9.72 Å². The largest absolute Gasteiger partial charge is 0.378 e. The number of thiophene rings is 1. The van der Waals surface area contributed by atoms with Gasteiger partial charge in [-0.2, -0.15) is 0 Å². The smallest absolute Gasteiger partial charge is 0.263 e. The number of morpholine rings is 1. The standard InChI is InChI=1S/C21H29N3O3S2/c1-2-3-4-5-9-24-20(26)18-15-7-6-8-16(15)29-19(18)22-21(24)28-14-17(25)23-10-12-27-13-11-23/h2-14H2,1H3. The van der Waals surface area contributed by atoms with Gasteiger partial charge in [-0.1, -0.05) is 37.9 Å². The van der Waals surface area contributed by atoms with Gasteiger partial charge in [0.1, 0.15) is 4.83 Å². The highest BCUT2D eigenvalue weighted by atomic mass is 32.2. The number of fused-ring (bicyclic) bond motifs is 3. The maximum Gasteiger partial charge on any atom is 0.263 e. The lowest BCUT2D eigenvalue weighted by Gasteiger charge is -2.26. The van der Waals surface area contributed by atoms with Crippen LogP contribution in [0.25, 0.3) is 10.2 Å². The topological polar surface area (TPSA) is 64.4 Å². The molecular formula is C21H29N3O3S2. The molecular weight excluding hydrogens is 406 g/mol. The van der Waals surface area contributed by atoms with Crippen LogP contribution in [0.5, 0.6) is 0 Å². The highest BCUT2D eigenvalue weighted by Crippen LogP contribution is 2.35. The minimum Gasteiger partial charge on any atom is -0.378 e. The van der Waals surface area contributed by atoms with Crippen molar-refractivity contribution in [1.29, 1.82) is 0 Å². The molecule has 1 saturated heterocycles. The van der Waals surface area contributed by atoms with Crippen LogP contribution in [-0.2, 0) is 28.9 Å². The number of ether oxygens (including phenoxy) is 1. The summed E-state index contributed by atoms with van der Waals surface area (Å²) >= 11 is 3.08. The number of carbonyl (C=O) groups is 1. The first kappa shape index (κ1) is 20.9. The predicted octanol–water partition coefficient (Wildman–Crippen LogP) is 3.48. The zero-order valence-electron chi connectivity index (χ0n) is 17.1. The van der Waals surface area contributed by atoms with Crippen molar-refractivity contribution in [3.8, 4) is 0 Å². The van der Waals surface area contributed by atoms with Gasteiger partial charge in [-0.15, -0.1) is 11.3 Å². The molecule has 0 bridgehead atoms. The third-order valence-electron chi connectivity index (χ3n) is 5.71. The monoisotopic (exact) mass is 435 g/mol. The van der Waals surface area contributed by atoms with Crippen molar-refractivity contribution in [1.82, 2.24) is 14.5 Å². The second-order valence-electron chi connectivity index (χ2n) is 7.73. The van der Waals surface area contributed by atoms with Gasteiger partial charge in [-0.3, -0.25) is 14.2 Å². The Labute approximate surface area is 179 Å². The van der Waals surface area contributed by atoms with Crippen LogP contribution in [-0.4, -0.2) is 52.4 Å². The minimum absolute atomic E-state index is 0.0900. The van der Waals surface area contributed by atoms with Gasteiger partial charge >= 0.3 is 0 Å². The molecule has 0 atom stereocenters. The van der Waals surface area contributed by atoms with Crippen LogP contribution >= 0.6 is 23.1 Å². The fourth-order valence-corrected chi connectivity index (χ4v) is 6.32. The number of carbonyl (C=O) groups excluding carboxylic acids is 1. The van der Waals surface area contributed by atoms with Crippen molar-refractivity contribution in [2.24, 2.45) is 0 Å². The molecule has 0 spiro atoms. The van der Waals surface area contributed by atoms with Gasteiger partial charge < -0.3 is 9.64 Å². The Balaban J connectivity index is 1.58. The number of nitrogens with zero attached hydrogens (tertiary/aromatic N) is 3. The molecule has 6 nitrogen and oxygen atoms in total. The molecule has 0 aromatic carbocycles. The summed E-state index contributed by atoms with van der Waals surface area (Å²) in [4.78, 5) is 34.9. The van der Waals surface area contributed by atoms with Crippen molar-refractivity contribution < 1.29 is 9.53 Å². The summed E-state index contributed by atoms with van der Waals surface area (Å²) < 4.78 is 7.17. The number of thioether (sulfide) groups is 1. The Kier molecular flexibility index (Phi) is 6.92. The second kappa shape index (κ2) is 9.62. The van der Waals surface area contributed by atoms with Gasteiger partial charge in [0.15, 0.2) is 5.16 Å². The van der Waals surface area contributed by atoms with Crippen LogP contribution in [0.15, 0.2) is 9.95 Å². The van der Waals surface area contributed by atoms with Gasteiger partial charge in [0.2, 0.25) is 5.91 Å². The Morgan fingerprint density at radius 3 is 2.83 bits per heavy atom. The molecule has 0 saturated carbocycles. The van der Waals surface area contributed by atoms with Crippen molar-refractivity contribution in [2.45, 2.75) is 63.6 Å². The fraction of sp³-hybridized carbons (Fsp3) is 0.667. The zero-order valence-corrected chi connectivity index (χ0v) is 18.7. The Hall–Kier alpha value is -1.38. The molecule has 29 heavy (non-hydrogen) atoms. The quantitative estimate of drug-likeness (QED) is 0.361. The summed E-state index contributed by atoms with van der Waals surface area (Å²) in [5.41, 5.74) is 1.32. The Bertz CT molecular complexity index is 931. The highest BCUT2D eigenvalue weighted by Gasteiger charge is 2.24. The maximum absolute atomic E-state index is 13.4. The molecule has 8 heteroatoms. The molecule has 0 N–H and O–H groups in total. The van der Waals surface area contributed by atoms with Gasteiger partial charge in [-0.05, 0) is 31.2 Å². The van der Waals surface area contributed by atoms with Crippen LogP contribution < -0.4 is 5.56 Å². The molecule has 2 aromatic rings. The summed E-state index contributed by atoms with van der Waals surface area (Å²) in [6.45, 7) is 5.36. The van der Waals surface area contributed by atoms with Crippen LogP contribution in [0.1, 0.15) is 49.5 Å². The first-order valence-corrected chi connectivity index (χ1v) is 12.5. The highest BCUT2D eigenvalue weighted by molar-refractivity contribution is 7.99. The fourth-order valence-electron chi connectivity index (χ4n) is 4.09. The van der Waals surface area contributed by atoms with E-state index in [2.05, 4.69) is 6.92 Å². The van der Waals surface area contributed by atoms with E-state index >= 15 is 0 Å². The van der Waals surface area contributed by atoms with E-state index in [9.17, 15) is 9.59 Å². The molecule has 1 aliphatic carbocycles. The van der Waals surface area contributed by atoms with E-state index in [1.165, 1.54) is 35.0 Å². The van der Waals surface area contributed by atoms with E-state index in [1.807, 2.05) is 9.47 Å². The van der Waals surface area contributed by atoms with Crippen molar-refractivity contribution in [3.05, 3.63) is 20.8 Å². The van der Waals surface area contributed by atoms with E-state index in [0.29, 0.717) is 43.8 Å². The number of aromatic nitrogens is 2. The Morgan fingerprint density at radius 2 is 2.03 bits per heavy atom. The van der Waals surface area contributed by atoms with Gasteiger partial charge in [0, 0.05) is 24.5 Å². The molecule has 0 unspecified atom stereocenters. The first-order chi connectivity index (χ1) is 14.2. The molecule has 1 fully saturated rings. The number of rotatable bonds is 8. The zero-order chi connectivity index (χ0) is 20.2. The van der Waals surface area contributed by atoms with Crippen LogP contribution in [0.4, 0.5) is 0 Å². The molecule has 2 aromatic heterocycles. The summed E-state index contributed by atoms with van der Waals surface area (Å²) in [6, 6.07) is 0. The number of hydrogen-bond acceptors (Lipinski definition) is 6. The molecule has 0 radical (unpaired) electrons. The molecule has 158 valence electrons.